The van der Waals surface area contributed by atoms with Crippen LogP contribution >= 0.6 is 15.9 Å². The van der Waals surface area contributed by atoms with E-state index in [-0.39, 0.29) is 24.2 Å². The lowest BCUT2D eigenvalue weighted by Gasteiger charge is -2.11. The molecule has 1 aromatic rings. The summed E-state index contributed by atoms with van der Waals surface area (Å²) < 4.78 is 29.3. The lowest BCUT2D eigenvalue weighted by molar-refractivity contribution is 0.281. The standard InChI is InChI=1S/C12H17BrO4S/c1-9(2)18(15,16)6-5-17-12-4-3-10(8-14)7-11(12)13/h3-4,7,9,14H,5-6,8H2,1-2H3. The van der Waals surface area contributed by atoms with E-state index in [1.807, 2.05) is 0 Å². The van der Waals surface area contributed by atoms with Gasteiger partial charge in [-0.2, -0.15) is 0 Å². The molecule has 0 radical (unpaired) electrons. The lowest BCUT2D eigenvalue weighted by Crippen LogP contribution is -2.22. The molecule has 0 fully saturated rings. The van der Waals surface area contributed by atoms with Crippen molar-refractivity contribution in [1.29, 1.82) is 0 Å². The summed E-state index contributed by atoms with van der Waals surface area (Å²) in [5.74, 6) is 0.574. The summed E-state index contributed by atoms with van der Waals surface area (Å²) >= 11 is 3.31. The summed E-state index contributed by atoms with van der Waals surface area (Å²) in [7, 11) is -3.07. The molecule has 0 aromatic heterocycles. The number of sulfone groups is 1. The van der Waals surface area contributed by atoms with Crippen molar-refractivity contribution >= 4 is 25.8 Å². The number of hydrogen-bond acceptors (Lipinski definition) is 4. The fourth-order valence-corrected chi connectivity index (χ4v) is 2.59. The molecule has 1 aromatic carbocycles. The quantitative estimate of drug-likeness (QED) is 0.864. The molecule has 0 spiro atoms. The van der Waals surface area contributed by atoms with Crippen LogP contribution in [0.25, 0.3) is 0 Å². The number of aliphatic hydroxyl groups is 1. The second-order valence-electron chi connectivity index (χ2n) is 4.19. The number of rotatable bonds is 6. The number of ether oxygens (including phenoxy) is 1. The van der Waals surface area contributed by atoms with Crippen LogP contribution in [0.5, 0.6) is 5.75 Å². The Morgan fingerprint density at radius 3 is 2.56 bits per heavy atom. The predicted octanol–water partition coefficient (Wildman–Crippen LogP) is 2.14. The molecule has 0 atom stereocenters. The highest BCUT2D eigenvalue weighted by atomic mass is 79.9. The normalized spacial score (nSPS) is 11.8. The molecule has 0 unspecified atom stereocenters. The minimum absolute atomic E-state index is 0.00113. The summed E-state index contributed by atoms with van der Waals surface area (Å²) in [6, 6.07) is 5.18. The van der Waals surface area contributed by atoms with Crippen LogP contribution in [0.4, 0.5) is 0 Å². The van der Waals surface area contributed by atoms with E-state index in [1.165, 1.54) is 0 Å². The van der Waals surface area contributed by atoms with Gasteiger partial charge in [0.25, 0.3) is 0 Å². The third-order valence-electron chi connectivity index (χ3n) is 2.52. The first-order valence-corrected chi connectivity index (χ1v) is 8.11. The monoisotopic (exact) mass is 336 g/mol. The SMILES string of the molecule is CC(C)S(=O)(=O)CCOc1ccc(CO)cc1Br. The summed E-state index contributed by atoms with van der Waals surface area (Å²) in [6.45, 7) is 3.39. The van der Waals surface area contributed by atoms with Gasteiger partial charge >= 0.3 is 0 Å². The molecule has 0 aliphatic rings. The lowest BCUT2D eigenvalue weighted by atomic mass is 10.2. The second kappa shape index (κ2) is 6.54. The van der Waals surface area contributed by atoms with Gasteiger partial charge < -0.3 is 9.84 Å². The zero-order valence-electron chi connectivity index (χ0n) is 10.4. The largest absolute Gasteiger partial charge is 0.491 e. The molecule has 6 heteroatoms. The fourth-order valence-electron chi connectivity index (χ4n) is 1.26. The maximum absolute atomic E-state index is 11.6. The smallest absolute Gasteiger partial charge is 0.155 e. The first kappa shape index (κ1) is 15.5. The van der Waals surface area contributed by atoms with Crippen LogP contribution in [0.1, 0.15) is 19.4 Å². The van der Waals surface area contributed by atoms with Crippen molar-refractivity contribution < 1.29 is 18.3 Å². The van der Waals surface area contributed by atoms with Gasteiger partial charge in [0.1, 0.15) is 12.4 Å². The molecule has 0 saturated heterocycles. The summed E-state index contributed by atoms with van der Waals surface area (Å²) in [6.07, 6.45) is 0. The highest BCUT2D eigenvalue weighted by molar-refractivity contribution is 9.10. The predicted molar refractivity (Wildman–Crippen MR) is 74.5 cm³/mol. The summed E-state index contributed by atoms with van der Waals surface area (Å²) in [5.41, 5.74) is 0.768. The molecular weight excluding hydrogens is 320 g/mol. The zero-order chi connectivity index (χ0) is 13.8. The van der Waals surface area contributed by atoms with Crippen LogP contribution in [0, 0.1) is 0 Å². The highest BCUT2D eigenvalue weighted by Gasteiger charge is 2.16. The molecule has 0 bridgehead atoms. The van der Waals surface area contributed by atoms with E-state index >= 15 is 0 Å². The van der Waals surface area contributed by atoms with Gasteiger partial charge in [0.2, 0.25) is 0 Å². The Hall–Kier alpha value is -0.590. The van der Waals surface area contributed by atoms with Gasteiger partial charge in [-0.1, -0.05) is 6.07 Å². The Morgan fingerprint density at radius 2 is 2.06 bits per heavy atom. The minimum atomic E-state index is -3.07. The van der Waals surface area contributed by atoms with Crippen LogP contribution in [-0.4, -0.2) is 31.1 Å². The molecule has 102 valence electrons. The Morgan fingerprint density at radius 1 is 1.39 bits per heavy atom. The molecule has 0 aliphatic heterocycles. The first-order chi connectivity index (χ1) is 8.36. The van der Waals surface area contributed by atoms with E-state index in [0.29, 0.717) is 10.2 Å². The van der Waals surface area contributed by atoms with Crippen molar-refractivity contribution in [1.82, 2.24) is 0 Å². The van der Waals surface area contributed by atoms with E-state index in [0.717, 1.165) is 5.56 Å². The number of hydrogen-bond donors (Lipinski definition) is 1. The van der Waals surface area contributed by atoms with Crippen molar-refractivity contribution in [3.63, 3.8) is 0 Å². The van der Waals surface area contributed by atoms with Crippen molar-refractivity contribution in [3.8, 4) is 5.75 Å². The van der Waals surface area contributed by atoms with Crippen molar-refractivity contribution in [2.45, 2.75) is 25.7 Å². The molecule has 1 N–H and O–H groups in total. The molecule has 0 heterocycles. The van der Waals surface area contributed by atoms with Gasteiger partial charge in [0.05, 0.1) is 22.1 Å². The van der Waals surface area contributed by atoms with Gasteiger partial charge in [0.15, 0.2) is 9.84 Å². The van der Waals surface area contributed by atoms with E-state index in [2.05, 4.69) is 15.9 Å². The fraction of sp³-hybridized carbons (Fsp3) is 0.500. The third kappa shape index (κ3) is 4.26. The molecular formula is C12H17BrO4S. The maximum atomic E-state index is 11.6. The number of aliphatic hydroxyl groups excluding tert-OH is 1. The second-order valence-corrected chi connectivity index (χ2v) is 7.72. The Kier molecular flexibility index (Phi) is 5.62. The molecule has 0 saturated carbocycles. The van der Waals surface area contributed by atoms with Crippen LogP contribution in [-0.2, 0) is 16.4 Å². The number of benzene rings is 1. The van der Waals surface area contributed by atoms with Gasteiger partial charge in [-0.3, -0.25) is 0 Å². The van der Waals surface area contributed by atoms with Crippen molar-refractivity contribution in [2.24, 2.45) is 0 Å². The van der Waals surface area contributed by atoms with E-state index in [9.17, 15) is 8.42 Å². The highest BCUT2D eigenvalue weighted by Crippen LogP contribution is 2.26. The van der Waals surface area contributed by atoms with Crippen LogP contribution in [0.2, 0.25) is 0 Å². The van der Waals surface area contributed by atoms with E-state index in [4.69, 9.17) is 9.84 Å². The van der Waals surface area contributed by atoms with Crippen LogP contribution in [0.3, 0.4) is 0 Å². The maximum Gasteiger partial charge on any atom is 0.155 e. The summed E-state index contributed by atoms with van der Waals surface area (Å²) in [4.78, 5) is 0. The van der Waals surface area contributed by atoms with Crippen LogP contribution in [0.15, 0.2) is 22.7 Å². The Bertz CT molecular complexity index is 497. The van der Waals surface area contributed by atoms with Crippen LogP contribution < -0.4 is 4.74 Å². The molecule has 18 heavy (non-hydrogen) atoms. The average Bonchev–Trinajstić information content (AvgIpc) is 2.30. The van der Waals surface area contributed by atoms with E-state index < -0.39 is 9.84 Å². The molecule has 0 aliphatic carbocycles. The average molecular weight is 337 g/mol. The van der Waals surface area contributed by atoms with Gasteiger partial charge in [-0.05, 0) is 47.5 Å². The zero-order valence-corrected chi connectivity index (χ0v) is 12.8. The Balaban J connectivity index is 2.60. The molecule has 1 rings (SSSR count). The van der Waals surface area contributed by atoms with Crippen molar-refractivity contribution in [3.05, 3.63) is 28.2 Å². The summed E-state index contributed by atoms with van der Waals surface area (Å²) in [5, 5.41) is 8.57. The van der Waals surface area contributed by atoms with E-state index in [1.54, 1.807) is 32.0 Å². The minimum Gasteiger partial charge on any atom is -0.491 e. The van der Waals surface area contributed by atoms with Gasteiger partial charge in [-0.25, -0.2) is 8.42 Å². The topological polar surface area (TPSA) is 63.6 Å². The number of halogens is 1. The molecule has 4 nitrogen and oxygen atoms in total. The third-order valence-corrected chi connectivity index (χ3v) is 5.31. The van der Waals surface area contributed by atoms with Gasteiger partial charge in [0, 0.05) is 0 Å². The Labute approximate surface area is 116 Å². The first-order valence-electron chi connectivity index (χ1n) is 5.60. The van der Waals surface area contributed by atoms with Crippen molar-refractivity contribution in [2.75, 3.05) is 12.4 Å². The molecule has 0 amide bonds. The van der Waals surface area contributed by atoms with Gasteiger partial charge in [-0.15, -0.1) is 0 Å².